The van der Waals surface area contributed by atoms with Crippen molar-refractivity contribution in [2.45, 2.75) is 26.5 Å². The number of hydrogen-bond acceptors (Lipinski definition) is 7. The fourth-order valence-corrected chi connectivity index (χ4v) is 3.28. The van der Waals surface area contributed by atoms with Crippen LogP contribution in [0.1, 0.15) is 29.8 Å². The number of nitrogen functional groups attached to an aromatic ring is 1. The van der Waals surface area contributed by atoms with Crippen LogP contribution in [0.25, 0.3) is 0 Å². The van der Waals surface area contributed by atoms with Crippen LogP contribution in [-0.4, -0.2) is 22.0 Å². The van der Waals surface area contributed by atoms with Crippen molar-refractivity contribution in [2.75, 3.05) is 16.4 Å². The molecule has 1 amide bonds. The zero-order valence-corrected chi connectivity index (χ0v) is 17.2. The highest BCUT2D eigenvalue weighted by Gasteiger charge is 2.23. The predicted molar refractivity (Wildman–Crippen MR) is 118 cm³/mol. The minimum absolute atomic E-state index is 0.0259. The van der Waals surface area contributed by atoms with Crippen LogP contribution >= 0.6 is 11.6 Å². The Labute approximate surface area is 178 Å². The third kappa shape index (κ3) is 4.08. The first-order valence-electron chi connectivity index (χ1n) is 9.43. The second-order valence-corrected chi connectivity index (χ2v) is 7.49. The Bertz CT molecular complexity index is 1120. The number of fused-ring (bicyclic) bond motifs is 1. The molecule has 0 saturated carbocycles. The van der Waals surface area contributed by atoms with E-state index in [1.165, 1.54) is 6.20 Å². The molecule has 8 nitrogen and oxygen atoms in total. The van der Waals surface area contributed by atoms with E-state index in [2.05, 4.69) is 25.9 Å². The van der Waals surface area contributed by atoms with E-state index in [0.29, 0.717) is 51.7 Å². The summed E-state index contributed by atoms with van der Waals surface area (Å²) in [6.45, 7) is 4.37. The Balaban J connectivity index is 1.63. The van der Waals surface area contributed by atoms with Gasteiger partial charge in [0, 0.05) is 18.3 Å². The molecule has 9 heteroatoms. The van der Waals surface area contributed by atoms with Crippen LogP contribution in [0.3, 0.4) is 0 Å². The molecule has 0 spiro atoms. The second kappa shape index (κ2) is 8.08. The Morgan fingerprint density at radius 3 is 2.83 bits per heavy atom. The van der Waals surface area contributed by atoms with E-state index in [4.69, 9.17) is 22.1 Å². The monoisotopic (exact) mass is 424 g/mol. The lowest BCUT2D eigenvalue weighted by Gasteiger charge is -2.16. The molecule has 1 aromatic heterocycles. The second-order valence-electron chi connectivity index (χ2n) is 7.08. The molecule has 0 radical (unpaired) electrons. The highest BCUT2D eigenvalue weighted by molar-refractivity contribution is 6.33. The van der Waals surface area contributed by atoms with E-state index in [-0.39, 0.29) is 12.0 Å². The van der Waals surface area contributed by atoms with E-state index < -0.39 is 0 Å². The van der Waals surface area contributed by atoms with E-state index in [1.54, 1.807) is 18.2 Å². The molecule has 4 rings (SSSR count). The minimum Gasteiger partial charge on any atom is -0.489 e. The Hall–Kier alpha value is -3.52. The van der Waals surface area contributed by atoms with Crippen molar-refractivity contribution in [3.63, 3.8) is 0 Å². The van der Waals surface area contributed by atoms with Gasteiger partial charge in [-0.1, -0.05) is 23.7 Å². The third-order valence-corrected chi connectivity index (χ3v) is 4.71. The molecule has 2 heterocycles. The smallest absolute Gasteiger partial charge is 0.254 e. The number of benzene rings is 2. The molecule has 0 unspecified atom stereocenters. The SMILES string of the molecule is CC(C)Oc1cc(N)ccc1Nc1ncc(Cl)c(Nc2cccc3c2C(=O)NC3)n1. The molecule has 0 bridgehead atoms. The van der Waals surface area contributed by atoms with Crippen molar-refractivity contribution in [2.24, 2.45) is 0 Å². The lowest BCUT2D eigenvalue weighted by atomic mass is 10.1. The third-order valence-electron chi connectivity index (χ3n) is 4.43. The quantitative estimate of drug-likeness (QED) is 0.438. The van der Waals surface area contributed by atoms with Gasteiger partial charge in [-0.3, -0.25) is 4.79 Å². The normalized spacial score (nSPS) is 12.5. The summed E-state index contributed by atoms with van der Waals surface area (Å²) in [7, 11) is 0. The van der Waals surface area contributed by atoms with E-state index in [0.717, 1.165) is 5.56 Å². The van der Waals surface area contributed by atoms with Gasteiger partial charge < -0.3 is 26.4 Å². The van der Waals surface area contributed by atoms with Crippen LogP contribution in [0.5, 0.6) is 5.75 Å². The van der Waals surface area contributed by atoms with Gasteiger partial charge in [0.15, 0.2) is 5.82 Å². The minimum atomic E-state index is -0.131. The van der Waals surface area contributed by atoms with Crippen molar-refractivity contribution in [3.05, 3.63) is 58.7 Å². The number of ether oxygens (including phenoxy) is 1. The first kappa shape index (κ1) is 19.8. The maximum atomic E-state index is 12.2. The number of rotatable bonds is 6. The molecule has 154 valence electrons. The lowest BCUT2D eigenvalue weighted by Crippen LogP contribution is -2.13. The first-order valence-corrected chi connectivity index (χ1v) is 9.81. The van der Waals surface area contributed by atoms with Gasteiger partial charge in [-0.05, 0) is 37.6 Å². The number of anilines is 5. The van der Waals surface area contributed by atoms with E-state index >= 15 is 0 Å². The number of nitrogens with one attached hydrogen (secondary N) is 3. The summed E-state index contributed by atoms with van der Waals surface area (Å²) in [5, 5.41) is 9.43. The molecule has 0 fully saturated rings. The Morgan fingerprint density at radius 2 is 2.03 bits per heavy atom. The highest BCUT2D eigenvalue weighted by atomic mass is 35.5. The fourth-order valence-electron chi connectivity index (χ4n) is 3.14. The molecule has 1 aliphatic rings. The number of carbonyl (C=O) groups excluding carboxylic acids is 1. The molecular formula is C21H21ClN6O2. The first-order chi connectivity index (χ1) is 14.4. The van der Waals surface area contributed by atoms with Gasteiger partial charge in [0.2, 0.25) is 5.95 Å². The molecule has 0 saturated heterocycles. The summed E-state index contributed by atoms with van der Waals surface area (Å²) in [5.41, 5.74) is 9.29. The topological polar surface area (TPSA) is 114 Å². The summed E-state index contributed by atoms with van der Waals surface area (Å²) in [6.07, 6.45) is 1.46. The molecule has 30 heavy (non-hydrogen) atoms. The number of amides is 1. The van der Waals surface area contributed by atoms with Gasteiger partial charge in [-0.25, -0.2) is 4.98 Å². The molecule has 1 aliphatic heterocycles. The Kier molecular flexibility index (Phi) is 5.33. The molecule has 3 aromatic rings. The standard InChI is InChI=1S/C21H21ClN6O2/c1-11(2)30-17-8-13(23)6-7-15(17)27-21-25-10-14(22)19(28-21)26-16-5-3-4-12-9-24-20(29)18(12)16/h3-8,10-11H,9,23H2,1-2H3,(H,24,29)(H2,25,26,27,28). The molecular weight excluding hydrogens is 404 g/mol. The van der Waals surface area contributed by atoms with Gasteiger partial charge in [-0.15, -0.1) is 0 Å². The maximum Gasteiger partial charge on any atom is 0.254 e. The molecule has 5 N–H and O–H groups in total. The van der Waals surface area contributed by atoms with Crippen LogP contribution in [0.4, 0.5) is 28.8 Å². The van der Waals surface area contributed by atoms with Crippen LogP contribution in [0.2, 0.25) is 5.02 Å². The summed E-state index contributed by atoms with van der Waals surface area (Å²) in [5.74, 6) is 1.16. The number of carbonyl (C=O) groups is 1. The van der Waals surface area contributed by atoms with Crippen molar-refractivity contribution in [3.8, 4) is 5.75 Å². The Morgan fingerprint density at radius 1 is 1.20 bits per heavy atom. The largest absolute Gasteiger partial charge is 0.489 e. The number of aromatic nitrogens is 2. The summed E-state index contributed by atoms with van der Waals surface area (Å²) in [6, 6.07) is 10.9. The number of hydrogen-bond donors (Lipinski definition) is 4. The van der Waals surface area contributed by atoms with Crippen LogP contribution < -0.4 is 26.4 Å². The zero-order valence-electron chi connectivity index (χ0n) is 16.5. The predicted octanol–water partition coefficient (Wildman–Crippen LogP) is 4.23. The number of nitrogens with two attached hydrogens (primary N) is 1. The summed E-state index contributed by atoms with van der Waals surface area (Å²) >= 11 is 6.30. The number of halogens is 1. The van der Waals surface area contributed by atoms with Crippen molar-refractivity contribution < 1.29 is 9.53 Å². The summed E-state index contributed by atoms with van der Waals surface area (Å²) in [4.78, 5) is 20.9. The molecule has 2 aromatic carbocycles. The zero-order chi connectivity index (χ0) is 21.3. The number of nitrogens with zero attached hydrogens (tertiary/aromatic N) is 2. The van der Waals surface area contributed by atoms with E-state index in [9.17, 15) is 4.79 Å². The molecule has 0 aliphatic carbocycles. The van der Waals surface area contributed by atoms with Crippen molar-refractivity contribution in [1.29, 1.82) is 0 Å². The fraction of sp³-hybridized carbons (Fsp3) is 0.190. The average molecular weight is 425 g/mol. The average Bonchev–Trinajstić information content (AvgIpc) is 3.08. The van der Waals surface area contributed by atoms with Gasteiger partial charge in [0.1, 0.15) is 10.8 Å². The maximum absolute atomic E-state index is 12.2. The van der Waals surface area contributed by atoms with Gasteiger partial charge in [0.25, 0.3) is 5.91 Å². The van der Waals surface area contributed by atoms with Crippen LogP contribution in [-0.2, 0) is 6.54 Å². The van der Waals surface area contributed by atoms with Gasteiger partial charge in [-0.2, -0.15) is 4.98 Å². The highest BCUT2D eigenvalue weighted by Crippen LogP contribution is 2.32. The van der Waals surface area contributed by atoms with Crippen LogP contribution in [0.15, 0.2) is 42.6 Å². The van der Waals surface area contributed by atoms with E-state index in [1.807, 2.05) is 32.0 Å². The summed E-state index contributed by atoms with van der Waals surface area (Å²) < 4.78 is 5.83. The van der Waals surface area contributed by atoms with Gasteiger partial charge in [0.05, 0.1) is 29.2 Å². The van der Waals surface area contributed by atoms with Crippen molar-refractivity contribution in [1.82, 2.24) is 15.3 Å². The van der Waals surface area contributed by atoms with Gasteiger partial charge >= 0.3 is 0 Å². The lowest BCUT2D eigenvalue weighted by molar-refractivity contribution is 0.0966. The van der Waals surface area contributed by atoms with Crippen molar-refractivity contribution >= 4 is 46.3 Å². The molecule has 0 atom stereocenters. The van der Waals surface area contributed by atoms with Crippen LogP contribution in [0, 0.1) is 0 Å².